The van der Waals surface area contributed by atoms with Crippen LogP contribution in [0.3, 0.4) is 0 Å². The Hall–Kier alpha value is -0.600. The molecule has 0 spiro atoms. The molecular formula is C7H11Cl2NO. The Morgan fingerprint density at radius 1 is 1.27 bits per heavy atom. The van der Waals surface area contributed by atoms with Gasteiger partial charge in [-0.1, -0.05) is 0 Å². The molecule has 0 radical (unpaired) electrons. The van der Waals surface area contributed by atoms with Crippen molar-refractivity contribution in [2.45, 2.75) is 6.92 Å². The van der Waals surface area contributed by atoms with Gasteiger partial charge in [-0.2, -0.15) is 0 Å². The summed E-state index contributed by atoms with van der Waals surface area (Å²) in [6.45, 7) is 1.81. The van der Waals surface area contributed by atoms with Crippen molar-refractivity contribution in [2.24, 2.45) is 0 Å². The molecule has 0 saturated heterocycles. The number of phenols is 1. The second-order valence-corrected chi connectivity index (χ2v) is 2.05. The summed E-state index contributed by atoms with van der Waals surface area (Å²) in [6, 6.07) is 4.99. The number of aryl methyl sites for hydroxylation is 1. The number of halogens is 2. The highest BCUT2D eigenvalue weighted by Gasteiger charge is 1.92. The lowest BCUT2D eigenvalue weighted by molar-refractivity contribution is 0.471. The molecule has 4 heteroatoms. The first-order valence-electron chi connectivity index (χ1n) is 2.75. The molecule has 0 aliphatic rings. The zero-order chi connectivity index (χ0) is 6.85. The summed E-state index contributed by atoms with van der Waals surface area (Å²) < 4.78 is 0. The molecule has 0 aliphatic heterocycles. The average molecular weight is 196 g/mol. The average Bonchev–Trinajstić information content (AvgIpc) is 1.80. The van der Waals surface area contributed by atoms with E-state index in [-0.39, 0.29) is 24.8 Å². The molecule has 0 bridgehead atoms. The van der Waals surface area contributed by atoms with Crippen LogP contribution < -0.4 is 5.73 Å². The molecule has 1 aromatic carbocycles. The highest BCUT2D eigenvalue weighted by atomic mass is 35.5. The van der Waals surface area contributed by atoms with Crippen molar-refractivity contribution in [1.82, 2.24) is 0 Å². The summed E-state index contributed by atoms with van der Waals surface area (Å²) in [7, 11) is 0. The molecule has 0 fully saturated rings. The summed E-state index contributed by atoms with van der Waals surface area (Å²) in [5.74, 6) is 0.296. The van der Waals surface area contributed by atoms with Crippen LogP contribution in [0.5, 0.6) is 5.75 Å². The van der Waals surface area contributed by atoms with Gasteiger partial charge in [-0.25, -0.2) is 0 Å². The summed E-state index contributed by atoms with van der Waals surface area (Å²) in [4.78, 5) is 0. The first-order valence-corrected chi connectivity index (χ1v) is 2.75. The van der Waals surface area contributed by atoms with Gasteiger partial charge in [0.15, 0.2) is 0 Å². The van der Waals surface area contributed by atoms with Gasteiger partial charge >= 0.3 is 0 Å². The van der Waals surface area contributed by atoms with Crippen molar-refractivity contribution in [3.05, 3.63) is 23.8 Å². The third kappa shape index (κ3) is 3.35. The van der Waals surface area contributed by atoms with Gasteiger partial charge < -0.3 is 10.8 Å². The SMILES string of the molecule is Cc1cc(N)ccc1O.Cl.Cl. The minimum Gasteiger partial charge on any atom is -0.508 e. The molecule has 64 valence electrons. The Balaban J connectivity index is 0. The van der Waals surface area contributed by atoms with Gasteiger partial charge in [-0.05, 0) is 30.7 Å². The van der Waals surface area contributed by atoms with Crippen molar-refractivity contribution in [2.75, 3.05) is 5.73 Å². The lowest BCUT2D eigenvalue weighted by Gasteiger charge is -1.97. The van der Waals surface area contributed by atoms with Crippen LogP contribution in [0, 0.1) is 6.92 Å². The number of nitrogen functional groups attached to an aromatic ring is 1. The number of hydrogen-bond acceptors (Lipinski definition) is 2. The van der Waals surface area contributed by atoms with Gasteiger partial charge in [-0.3, -0.25) is 0 Å². The first-order chi connectivity index (χ1) is 4.20. The number of anilines is 1. The summed E-state index contributed by atoms with van der Waals surface area (Å²) in [6.07, 6.45) is 0. The fourth-order valence-electron chi connectivity index (χ4n) is 0.679. The molecule has 2 nitrogen and oxygen atoms in total. The number of phenolic OH excluding ortho intramolecular Hbond substituents is 1. The van der Waals surface area contributed by atoms with E-state index in [1.54, 1.807) is 18.2 Å². The molecule has 1 aromatic rings. The quantitative estimate of drug-likeness (QED) is 0.493. The van der Waals surface area contributed by atoms with Crippen LogP contribution in [-0.4, -0.2) is 5.11 Å². The number of aromatic hydroxyl groups is 1. The number of nitrogens with two attached hydrogens (primary N) is 1. The maximum absolute atomic E-state index is 8.99. The predicted molar refractivity (Wildman–Crippen MR) is 51.8 cm³/mol. The van der Waals surface area contributed by atoms with E-state index in [0.29, 0.717) is 11.4 Å². The standard InChI is InChI=1S/C7H9NO.2ClH/c1-5-4-6(8)2-3-7(5)9;;/h2-4,9H,8H2,1H3;2*1H. The Bertz CT molecular complexity index is 228. The van der Waals surface area contributed by atoms with Crippen LogP contribution in [0.2, 0.25) is 0 Å². The predicted octanol–water partition coefficient (Wildman–Crippen LogP) is 2.13. The lowest BCUT2D eigenvalue weighted by Crippen LogP contribution is -1.84. The third-order valence-electron chi connectivity index (χ3n) is 1.22. The van der Waals surface area contributed by atoms with Crippen LogP contribution in [0.25, 0.3) is 0 Å². The van der Waals surface area contributed by atoms with Crippen LogP contribution in [0.15, 0.2) is 18.2 Å². The minimum atomic E-state index is 0. The maximum Gasteiger partial charge on any atom is 0.118 e. The van der Waals surface area contributed by atoms with Crippen molar-refractivity contribution < 1.29 is 5.11 Å². The van der Waals surface area contributed by atoms with E-state index in [2.05, 4.69) is 0 Å². The van der Waals surface area contributed by atoms with Crippen molar-refractivity contribution in [3.63, 3.8) is 0 Å². The summed E-state index contributed by atoms with van der Waals surface area (Å²) in [5.41, 5.74) is 6.92. The molecule has 11 heavy (non-hydrogen) atoms. The molecule has 0 atom stereocenters. The van der Waals surface area contributed by atoms with Gasteiger partial charge in [0.1, 0.15) is 5.75 Å². The Morgan fingerprint density at radius 3 is 2.18 bits per heavy atom. The van der Waals surface area contributed by atoms with E-state index in [9.17, 15) is 0 Å². The van der Waals surface area contributed by atoms with Crippen LogP contribution in [0.1, 0.15) is 5.56 Å². The lowest BCUT2D eigenvalue weighted by atomic mass is 10.2. The molecule has 1 rings (SSSR count). The Kier molecular flexibility index (Phi) is 6.04. The van der Waals surface area contributed by atoms with Gasteiger partial charge in [0.2, 0.25) is 0 Å². The minimum absolute atomic E-state index is 0. The molecule has 0 amide bonds. The summed E-state index contributed by atoms with van der Waals surface area (Å²) in [5, 5.41) is 8.99. The van der Waals surface area contributed by atoms with E-state index < -0.39 is 0 Å². The topological polar surface area (TPSA) is 46.2 Å². The van der Waals surface area contributed by atoms with E-state index >= 15 is 0 Å². The number of rotatable bonds is 0. The molecule has 3 N–H and O–H groups in total. The maximum atomic E-state index is 8.99. The van der Waals surface area contributed by atoms with E-state index in [0.717, 1.165) is 5.56 Å². The molecule has 0 aliphatic carbocycles. The van der Waals surface area contributed by atoms with Gasteiger partial charge in [0.25, 0.3) is 0 Å². The second kappa shape index (κ2) is 5.10. The molecule has 0 saturated carbocycles. The number of benzene rings is 1. The van der Waals surface area contributed by atoms with Crippen molar-refractivity contribution in [1.29, 1.82) is 0 Å². The highest BCUT2D eigenvalue weighted by molar-refractivity contribution is 5.85. The van der Waals surface area contributed by atoms with Crippen LogP contribution >= 0.6 is 24.8 Å². The third-order valence-corrected chi connectivity index (χ3v) is 1.22. The molecule has 0 heterocycles. The normalized spacial score (nSPS) is 7.73. The molecule has 0 aromatic heterocycles. The van der Waals surface area contributed by atoms with Crippen LogP contribution in [-0.2, 0) is 0 Å². The molecule has 0 unspecified atom stereocenters. The van der Waals surface area contributed by atoms with Gasteiger partial charge in [0.05, 0.1) is 0 Å². The Labute approximate surface area is 78.2 Å². The zero-order valence-corrected chi connectivity index (χ0v) is 7.71. The zero-order valence-electron chi connectivity index (χ0n) is 6.07. The largest absolute Gasteiger partial charge is 0.508 e. The smallest absolute Gasteiger partial charge is 0.118 e. The van der Waals surface area contributed by atoms with E-state index in [1.165, 1.54) is 0 Å². The van der Waals surface area contributed by atoms with E-state index in [4.69, 9.17) is 10.8 Å². The fraction of sp³-hybridized carbons (Fsp3) is 0.143. The van der Waals surface area contributed by atoms with Crippen LogP contribution in [0.4, 0.5) is 5.69 Å². The monoisotopic (exact) mass is 195 g/mol. The fourth-order valence-corrected chi connectivity index (χ4v) is 0.679. The van der Waals surface area contributed by atoms with E-state index in [1.807, 2.05) is 6.92 Å². The Morgan fingerprint density at radius 2 is 1.82 bits per heavy atom. The van der Waals surface area contributed by atoms with Gasteiger partial charge in [0, 0.05) is 5.69 Å². The molecular weight excluding hydrogens is 185 g/mol. The van der Waals surface area contributed by atoms with Crippen molar-refractivity contribution >= 4 is 30.5 Å². The second-order valence-electron chi connectivity index (χ2n) is 2.05. The number of hydrogen-bond donors (Lipinski definition) is 2. The first kappa shape index (κ1) is 13.0. The van der Waals surface area contributed by atoms with Gasteiger partial charge in [-0.15, -0.1) is 24.8 Å². The van der Waals surface area contributed by atoms with Crippen molar-refractivity contribution in [3.8, 4) is 5.75 Å². The highest BCUT2D eigenvalue weighted by Crippen LogP contribution is 2.17. The summed E-state index contributed by atoms with van der Waals surface area (Å²) >= 11 is 0.